The zero-order valence-electron chi connectivity index (χ0n) is 9.00. The molecule has 4 nitrogen and oxygen atoms in total. The lowest BCUT2D eigenvalue weighted by Gasteiger charge is -2.02. The summed E-state index contributed by atoms with van der Waals surface area (Å²) < 4.78 is 1.90. The summed E-state index contributed by atoms with van der Waals surface area (Å²) in [5.41, 5.74) is 2.15. The van der Waals surface area contributed by atoms with Gasteiger partial charge < -0.3 is 9.67 Å². The summed E-state index contributed by atoms with van der Waals surface area (Å²) in [6, 6.07) is 7.92. The second-order valence-electron chi connectivity index (χ2n) is 3.49. The normalized spacial score (nSPS) is 10.6. The monoisotopic (exact) mass is 235 g/mol. The van der Waals surface area contributed by atoms with Crippen LogP contribution in [0.2, 0.25) is 0 Å². The van der Waals surface area contributed by atoms with E-state index in [1.54, 1.807) is 18.1 Å². The van der Waals surface area contributed by atoms with Gasteiger partial charge in [0.25, 0.3) is 0 Å². The molecule has 0 atom stereocenters. The molecule has 0 radical (unpaired) electrons. The Morgan fingerprint density at radius 2 is 1.94 bits per heavy atom. The minimum atomic E-state index is 0.0940. The van der Waals surface area contributed by atoms with Gasteiger partial charge in [-0.05, 0) is 11.1 Å². The van der Waals surface area contributed by atoms with Gasteiger partial charge in [0.15, 0.2) is 5.16 Å². The number of hydrogen-bond donors (Lipinski definition) is 1. The van der Waals surface area contributed by atoms with Crippen LogP contribution in [0.15, 0.2) is 35.7 Å². The molecule has 2 aromatic rings. The Balaban J connectivity index is 1.97. The largest absolute Gasteiger partial charge is 0.392 e. The molecule has 16 heavy (non-hydrogen) atoms. The molecule has 0 spiro atoms. The summed E-state index contributed by atoms with van der Waals surface area (Å²) in [5.74, 6) is 0.859. The fraction of sp³-hybridized carbons (Fsp3) is 0.273. The van der Waals surface area contributed by atoms with Crippen LogP contribution in [0.5, 0.6) is 0 Å². The zero-order valence-corrected chi connectivity index (χ0v) is 9.81. The van der Waals surface area contributed by atoms with Gasteiger partial charge in [-0.15, -0.1) is 10.2 Å². The van der Waals surface area contributed by atoms with E-state index in [2.05, 4.69) is 10.2 Å². The molecule has 1 heterocycles. The Bertz CT molecular complexity index is 453. The van der Waals surface area contributed by atoms with Crippen molar-refractivity contribution in [2.24, 2.45) is 7.05 Å². The van der Waals surface area contributed by atoms with E-state index in [0.717, 1.165) is 16.5 Å². The van der Waals surface area contributed by atoms with Crippen molar-refractivity contribution in [1.82, 2.24) is 14.8 Å². The van der Waals surface area contributed by atoms with E-state index in [0.29, 0.717) is 0 Å². The smallest absolute Gasteiger partial charge is 0.191 e. The maximum absolute atomic E-state index is 8.92. The predicted molar refractivity (Wildman–Crippen MR) is 62.9 cm³/mol. The van der Waals surface area contributed by atoms with E-state index in [4.69, 9.17) is 5.11 Å². The third kappa shape index (κ3) is 2.62. The van der Waals surface area contributed by atoms with Crippen LogP contribution in [0.4, 0.5) is 0 Å². The highest BCUT2D eigenvalue weighted by atomic mass is 32.2. The SMILES string of the molecule is Cn1cnnc1SCc1ccc(CO)cc1. The number of aromatic nitrogens is 3. The van der Waals surface area contributed by atoms with Crippen molar-refractivity contribution in [1.29, 1.82) is 0 Å². The molecule has 84 valence electrons. The molecule has 1 aromatic carbocycles. The molecular formula is C11H13N3OS. The molecule has 2 rings (SSSR count). The fourth-order valence-corrected chi connectivity index (χ4v) is 2.14. The summed E-state index contributed by atoms with van der Waals surface area (Å²) in [5, 5.41) is 17.6. The van der Waals surface area contributed by atoms with Crippen molar-refractivity contribution in [2.75, 3.05) is 0 Å². The van der Waals surface area contributed by atoms with E-state index in [1.807, 2.05) is 35.9 Å². The number of nitrogens with zero attached hydrogens (tertiary/aromatic N) is 3. The van der Waals surface area contributed by atoms with Crippen molar-refractivity contribution in [2.45, 2.75) is 17.5 Å². The first kappa shape index (κ1) is 11.2. The first-order valence-electron chi connectivity index (χ1n) is 4.95. The summed E-state index contributed by atoms with van der Waals surface area (Å²) >= 11 is 1.65. The molecular weight excluding hydrogens is 222 g/mol. The molecule has 0 bridgehead atoms. The fourth-order valence-electron chi connectivity index (χ4n) is 1.29. The second-order valence-corrected chi connectivity index (χ2v) is 4.43. The number of aryl methyl sites for hydroxylation is 1. The maximum Gasteiger partial charge on any atom is 0.191 e. The summed E-state index contributed by atoms with van der Waals surface area (Å²) in [6.45, 7) is 0.0940. The molecule has 0 aliphatic rings. The van der Waals surface area contributed by atoms with Crippen molar-refractivity contribution in [3.63, 3.8) is 0 Å². The van der Waals surface area contributed by atoms with E-state index < -0.39 is 0 Å². The van der Waals surface area contributed by atoms with Gasteiger partial charge in [0, 0.05) is 12.8 Å². The van der Waals surface area contributed by atoms with Gasteiger partial charge in [0.1, 0.15) is 6.33 Å². The van der Waals surface area contributed by atoms with Crippen LogP contribution in [0.25, 0.3) is 0 Å². The highest BCUT2D eigenvalue weighted by molar-refractivity contribution is 7.98. The molecule has 1 aromatic heterocycles. The van der Waals surface area contributed by atoms with Gasteiger partial charge in [-0.1, -0.05) is 36.0 Å². The average Bonchev–Trinajstić information content (AvgIpc) is 2.73. The Labute approximate surface area is 98.3 Å². The molecule has 5 heteroatoms. The number of thioether (sulfide) groups is 1. The van der Waals surface area contributed by atoms with Gasteiger partial charge in [-0.25, -0.2) is 0 Å². The van der Waals surface area contributed by atoms with E-state index >= 15 is 0 Å². The van der Waals surface area contributed by atoms with E-state index in [-0.39, 0.29) is 6.61 Å². The minimum Gasteiger partial charge on any atom is -0.392 e. The first-order valence-corrected chi connectivity index (χ1v) is 5.93. The molecule has 0 saturated heterocycles. The molecule has 0 fully saturated rings. The lowest BCUT2D eigenvalue weighted by molar-refractivity contribution is 0.282. The van der Waals surface area contributed by atoms with Crippen LogP contribution in [0.1, 0.15) is 11.1 Å². The first-order chi connectivity index (χ1) is 7.79. The third-order valence-corrected chi connectivity index (χ3v) is 3.35. The summed E-state index contributed by atoms with van der Waals surface area (Å²) in [4.78, 5) is 0. The number of aliphatic hydroxyl groups excluding tert-OH is 1. The Kier molecular flexibility index (Phi) is 3.58. The molecule has 0 unspecified atom stereocenters. The number of benzene rings is 1. The van der Waals surface area contributed by atoms with Gasteiger partial charge in [-0.2, -0.15) is 0 Å². The van der Waals surface area contributed by atoms with Gasteiger partial charge >= 0.3 is 0 Å². The lowest BCUT2D eigenvalue weighted by atomic mass is 10.2. The lowest BCUT2D eigenvalue weighted by Crippen LogP contribution is -1.90. The van der Waals surface area contributed by atoms with Crippen LogP contribution in [0.3, 0.4) is 0 Å². The van der Waals surface area contributed by atoms with Crippen LogP contribution in [-0.2, 0) is 19.4 Å². The van der Waals surface area contributed by atoms with Gasteiger partial charge in [-0.3, -0.25) is 0 Å². The zero-order chi connectivity index (χ0) is 11.4. The van der Waals surface area contributed by atoms with Crippen molar-refractivity contribution in [3.05, 3.63) is 41.7 Å². The van der Waals surface area contributed by atoms with Crippen molar-refractivity contribution >= 4 is 11.8 Å². The van der Waals surface area contributed by atoms with Crippen LogP contribution in [0, 0.1) is 0 Å². The maximum atomic E-state index is 8.92. The topological polar surface area (TPSA) is 50.9 Å². The predicted octanol–water partition coefficient (Wildman–Crippen LogP) is 1.60. The van der Waals surface area contributed by atoms with Crippen LogP contribution >= 0.6 is 11.8 Å². The van der Waals surface area contributed by atoms with Crippen molar-refractivity contribution < 1.29 is 5.11 Å². The third-order valence-electron chi connectivity index (χ3n) is 2.24. The molecule has 0 aliphatic heterocycles. The standard InChI is InChI=1S/C11H13N3OS/c1-14-8-12-13-11(14)16-7-10-4-2-9(6-15)3-5-10/h2-5,8,15H,6-7H2,1H3. The number of aliphatic hydroxyl groups is 1. The van der Waals surface area contributed by atoms with E-state index in [9.17, 15) is 0 Å². The quantitative estimate of drug-likeness (QED) is 0.818. The van der Waals surface area contributed by atoms with Gasteiger partial charge in [0.2, 0.25) is 0 Å². The van der Waals surface area contributed by atoms with Crippen LogP contribution < -0.4 is 0 Å². The Morgan fingerprint density at radius 1 is 1.25 bits per heavy atom. The van der Waals surface area contributed by atoms with Crippen molar-refractivity contribution in [3.8, 4) is 0 Å². The average molecular weight is 235 g/mol. The molecule has 0 amide bonds. The molecule has 0 saturated carbocycles. The Hall–Kier alpha value is -1.33. The minimum absolute atomic E-state index is 0.0940. The number of hydrogen-bond acceptors (Lipinski definition) is 4. The number of rotatable bonds is 4. The highest BCUT2D eigenvalue weighted by Crippen LogP contribution is 2.19. The van der Waals surface area contributed by atoms with E-state index in [1.165, 1.54) is 5.56 Å². The molecule has 1 N–H and O–H groups in total. The van der Waals surface area contributed by atoms with Crippen LogP contribution in [-0.4, -0.2) is 19.9 Å². The second kappa shape index (κ2) is 5.14. The van der Waals surface area contributed by atoms with Gasteiger partial charge in [0.05, 0.1) is 6.61 Å². The Morgan fingerprint density at radius 3 is 2.50 bits per heavy atom. The molecule has 0 aliphatic carbocycles. The summed E-state index contributed by atoms with van der Waals surface area (Å²) in [7, 11) is 1.93. The highest BCUT2D eigenvalue weighted by Gasteiger charge is 2.01. The summed E-state index contributed by atoms with van der Waals surface area (Å²) in [6.07, 6.45) is 1.69.